The lowest BCUT2D eigenvalue weighted by Gasteiger charge is -2.20. The number of carbonyl (C=O) groups is 1. The normalized spacial score (nSPS) is 10.7. The van der Waals surface area contributed by atoms with Crippen molar-refractivity contribution in [2.75, 3.05) is 6.61 Å². The van der Waals surface area contributed by atoms with Crippen molar-refractivity contribution in [3.05, 3.63) is 70.6 Å². The Hall–Kier alpha value is -2.88. The number of aromatic nitrogens is 1. The van der Waals surface area contributed by atoms with Gasteiger partial charge in [0.1, 0.15) is 5.69 Å². The zero-order valence-corrected chi connectivity index (χ0v) is 13.1. The highest BCUT2D eigenvalue weighted by Crippen LogP contribution is 2.35. The zero-order chi connectivity index (χ0) is 16.4. The molecule has 23 heavy (non-hydrogen) atoms. The van der Waals surface area contributed by atoms with E-state index in [0.717, 1.165) is 22.3 Å². The van der Waals surface area contributed by atoms with Crippen LogP contribution in [0.1, 0.15) is 17.4 Å². The molecule has 1 aliphatic heterocycles. The number of aryl methyl sites for hydroxylation is 1. The molecule has 0 saturated heterocycles. The van der Waals surface area contributed by atoms with Gasteiger partial charge in [0.25, 0.3) is 0 Å². The van der Waals surface area contributed by atoms with Gasteiger partial charge in [-0.05, 0) is 41.8 Å². The molecule has 4 nitrogen and oxygen atoms in total. The van der Waals surface area contributed by atoms with E-state index in [-0.39, 0.29) is 5.43 Å². The molecule has 0 spiro atoms. The first kappa shape index (κ1) is 15.0. The Kier molecular flexibility index (Phi) is 3.98. The van der Waals surface area contributed by atoms with E-state index < -0.39 is 5.97 Å². The first-order valence-electron chi connectivity index (χ1n) is 7.47. The monoisotopic (exact) mass is 307 g/mol. The third kappa shape index (κ3) is 2.75. The predicted octanol–water partition coefficient (Wildman–Crippen LogP) is 3.33. The van der Waals surface area contributed by atoms with Gasteiger partial charge < -0.3 is 9.30 Å². The SMILES string of the molecule is CCOC(=O)c1c(-c2ccccc2)c2cc(=O)ccc-2cn1C. The van der Waals surface area contributed by atoms with Crippen molar-refractivity contribution >= 4 is 5.97 Å². The maximum atomic E-state index is 12.5. The fraction of sp³-hybridized carbons (Fsp3) is 0.158. The van der Waals surface area contributed by atoms with Crippen LogP contribution in [0.2, 0.25) is 0 Å². The third-order valence-corrected chi connectivity index (χ3v) is 3.75. The van der Waals surface area contributed by atoms with Crippen molar-refractivity contribution in [1.82, 2.24) is 4.57 Å². The molecule has 4 heteroatoms. The Balaban J connectivity index is 2.41. The van der Waals surface area contributed by atoms with Gasteiger partial charge in [0, 0.05) is 18.8 Å². The van der Waals surface area contributed by atoms with E-state index in [9.17, 15) is 9.59 Å². The molecular formula is C19H17NO3. The van der Waals surface area contributed by atoms with Gasteiger partial charge >= 0.3 is 5.97 Å². The molecule has 116 valence electrons. The fourth-order valence-corrected chi connectivity index (χ4v) is 2.78. The van der Waals surface area contributed by atoms with Crippen LogP contribution in [0.5, 0.6) is 0 Å². The summed E-state index contributed by atoms with van der Waals surface area (Å²) in [7, 11) is 1.81. The number of hydrogen-bond acceptors (Lipinski definition) is 3. The Labute approximate surface area is 134 Å². The summed E-state index contributed by atoms with van der Waals surface area (Å²) in [6.07, 6.45) is 1.84. The largest absolute Gasteiger partial charge is 0.461 e. The quantitative estimate of drug-likeness (QED) is 0.697. The summed E-state index contributed by atoms with van der Waals surface area (Å²) in [4.78, 5) is 24.3. The van der Waals surface area contributed by atoms with Gasteiger partial charge in [-0.1, -0.05) is 30.3 Å². The minimum Gasteiger partial charge on any atom is -0.461 e. The molecule has 0 atom stereocenters. The molecule has 3 rings (SSSR count). The van der Waals surface area contributed by atoms with Crippen molar-refractivity contribution in [2.45, 2.75) is 6.92 Å². The molecule has 0 aromatic heterocycles. The van der Waals surface area contributed by atoms with Crippen LogP contribution in [0.25, 0.3) is 22.3 Å². The number of rotatable bonds is 3. The molecule has 1 aliphatic carbocycles. The van der Waals surface area contributed by atoms with Crippen molar-refractivity contribution in [3.8, 4) is 22.3 Å². The number of hydrogen-bond donors (Lipinski definition) is 0. The Morgan fingerprint density at radius 1 is 1.09 bits per heavy atom. The number of fused-ring (bicyclic) bond motifs is 1. The van der Waals surface area contributed by atoms with Gasteiger partial charge in [0.15, 0.2) is 5.43 Å². The topological polar surface area (TPSA) is 48.3 Å². The molecule has 0 unspecified atom stereocenters. The lowest BCUT2D eigenvalue weighted by Crippen LogP contribution is -2.16. The number of carbonyl (C=O) groups excluding carboxylic acids is 1. The van der Waals surface area contributed by atoms with Crippen LogP contribution >= 0.6 is 0 Å². The summed E-state index contributed by atoms with van der Waals surface area (Å²) in [5.74, 6) is -0.396. The van der Waals surface area contributed by atoms with Crippen LogP contribution in [-0.4, -0.2) is 17.1 Å². The second kappa shape index (κ2) is 6.08. The number of esters is 1. The smallest absolute Gasteiger partial charge is 0.355 e. The molecule has 0 amide bonds. The lowest BCUT2D eigenvalue weighted by atomic mass is 9.92. The molecule has 0 bridgehead atoms. The van der Waals surface area contributed by atoms with Crippen molar-refractivity contribution in [3.63, 3.8) is 0 Å². The van der Waals surface area contributed by atoms with Gasteiger partial charge in [-0.3, -0.25) is 4.79 Å². The van der Waals surface area contributed by atoms with Gasteiger partial charge in [0.05, 0.1) is 6.61 Å². The van der Waals surface area contributed by atoms with Crippen LogP contribution < -0.4 is 5.43 Å². The molecule has 0 fully saturated rings. The van der Waals surface area contributed by atoms with E-state index in [1.54, 1.807) is 23.6 Å². The Morgan fingerprint density at radius 3 is 2.52 bits per heavy atom. The van der Waals surface area contributed by atoms with E-state index in [4.69, 9.17) is 4.74 Å². The summed E-state index contributed by atoms with van der Waals surface area (Å²) < 4.78 is 6.97. The molecule has 0 N–H and O–H groups in total. The summed E-state index contributed by atoms with van der Waals surface area (Å²) in [6.45, 7) is 2.07. The van der Waals surface area contributed by atoms with E-state index >= 15 is 0 Å². The molecule has 1 aromatic rings. The van der Waals surface area contributed by atoms with Crippen LogP contribution in [0.15, 0.2) is 59.5 Å². The lowest BCUT2D eigenvalue weighted by molar-refractivity contribution is 0.0515. The summed E-state index contributed by atoms with van der Waals surface area (Å²) in [5, 5.41) is 0. The molecule has 2 aliphatic rings. The Morgan fingerprint density at radius 2 is 1.83 bits per heavy atom. The molecule has 0 saturated carbocycles. The number of ether oxygens (including phenoxy) is 1. The van der Waals surface area contributed by atoms with Crippen LogP contribution in [0.4, 0.5) is 0 Å². The zero-order valence-electron chi connectivity index (χ0n) is 13.1. The number of benzene rings is 2. The Bertz CT molecular complexity index is 881. The predicted molar refractivity (Wildman–Crippen MR) is 89.7 cm³/mol. The van der Waals surface area contributed by atoms with Gasteiger partial charge in [-0.15, -0.1) is 0 Å². The van der Waals surface area contributed by atoms with Gasteiger partial charge in [0.2, 0.25) is 0 Å². The van der Waals surface area contributed by atoms with E-state index in [2.05, 4.69) is 0 Å². The maximum Gasteiger partial charge on any atom is 0.355 e. The molecule has 1 aromatic carbocycles. The standard InChI is InChI=1S/C19H17NO3/c1-3-23-19(22)18-17(13-7-5-4-6-8-13)16-11-15(21)10-9-14(16)12-20(18)2/h4-12H,3H2,1-2H3. The highest BCUT2D eigenvalue weighted by atomic mass is 16.5. The summed E-state index contributed by atoms with van der Waals surface area (Å²) >= 11 is 0. The molecule has 1 heterocycles. The molecular weight excluding hydrogens is 290 g/mol. The fourth-order valence-electron chi connectivity index (χ4n) is 2.78. The van der Waals surface area contributed by atoms with Crippen LogP contribution in [0.3, 0.4) is 0 Å². The van der Waals surface area contributed by atoms with Gasteiger partial charge in [-0.25, -0.2) is 4.79 Å². The highest BCUT2D eigenvalue weighted by molar-refractivity contribution is 6.01. The van der Waals surface area contributed by atoms with Crippen LogP contribution in [0, 0.1) is 0 Å². The average molecular weight is 307 g/mol. The maximum absolute atomic E-state index is 12.5. The minimum absolute atomic E-state index is 0.0849. The van der Waals surface area contributed by atoms with E-state index in [0.29, 0.717) is 12.3 Å². The van der Waals surface area contributed by atoms with Crippen molar-refractivity contribution in [1.29, 1.82) is 0 Å². The van der Waals surface area contributed by atoms with Crippen LogP contribution in [-0.2, 0) is 11.8 Å². The minimum atomic E-state index is -0.396. The van der Waals surface area contributed by atoms with Gasteiger partial charge in [-0.2, -0.15) is 0 Å². The van der Waals surface area contributed by atoms with E-state index in [1.807, 2.05) is 43.6 Å². The molecule has 0 radical (unpaired) electrons. The first-order valence-corrected chi connectivity index (χ1v) is 7.47. The summed E-state index contributed by atoms with van der Waals surface area (Å²) in [6, 6.07) is 14.5. The van der Waals surface area contributed by atoms with Crippen molar-refractivity contribution < 1.29 is 9.53 Å². The number of pyridine rings is 1. The second-order valence-electron chi connectivity index (χ2n) is 5.30. The van der Waals surface area contributed by atoms with E-state index in [1.165, 1.54) is 6.07 Å². The number of nitrogens with zero attached hydrogens (tertiary/aromatic N) is 1. The first-order chi connectivity index (χ1) is 11.1. The second-order valence-corrected chi connectivity index (χ2v) is 5.30. The average Bonchev–Trinajstić information content (AvgIpc) is 2.55. The highest BCUT2D eigenvalue weighted by Gasteiger charge is 2.22. The summed E-state index contributed by atoms with van der Waals surface area (Å²) in [5.41, 5.74) is 3.61. The third-order valence-electron chi connectivity index (χ3n) is 3.75. The van der Waals surface area contributed by atoms with Crippen molar-refractivity contribution in [2.24, 2.45) is 7.05 Å².